The lowest BCUT2D eigenvalue weighted by Crippen LogP contribution is -2.08. The molecular weight excluding hydrogens is 608 g/mol. The fourth-order valence-corrected chi connectivity index (χ4v) is 4.78. The number of aryl methyl sites for hydroxylation is 5. The van der Waals surface area contributed by atoms with Crippen molar-refractivity contribution in [2.45, 2.75) is 57.8 Å². The van der Waals surface area contributed by atoms with Gasteiger partial charge in [0.05, 0.1) is 0 Å². The van der Waals surface area contributed by atoms with Crippen molar-refractivity contribution in [1.29, 1.82) is 0 Å². The molecule has 0 heterocycles. The number of alkyl halides is 3. The summed E-state index contributed by atoms with van der Waals surface area (Å²) in [6, 6.07) is 13.5. The number of rotatable bonds is 7. The summed E-state index contributed by atoms with van der Waals surface area (Å²) in [5.74, 6) is 0. The lowest BCUT2D eigenvalue weighted by Gasteiger charge is -2.19. The van der Waals surface area contributed by atoms with Crippen LogP contribution in [0, 0.1) is 0 Å². The Morgan fingerprint density at radius 2 is 1.07 bits per heavy atom. The molecule has 0 bridgehead atoms. The Kier molecular flexibility index (Phi) is 12.6. The van der Waals surface area contributed by atoms with Crippen molar-refractivity contribution < 1.29 is 0 Å². The van der Waals surface area contributed by atoms with Crippen molar-refractivity contribution in [3.63, 3.8) is 0 Å². The van der Waals surface area contributed by atoms with Crippen molar-refractivity contribution in [2.24, 2.45) is 0 Å². The van der Waals surface area contributed by atoms with Gasteiger partial charge in [-0.1, -0.05) is 88.0 Å². The predicted octanol–water partition coefficient (Wildman–Crippen LogP) is 8.61. The summed E-state index contributed by atoms with van der Waals surface area (Å²) in [7, 11) is 0. The molecule has 0 N–H and O–H groups in total. The molecule has 0 fully saturated rings. The smallest absolute Gasteiger partial charge is 0.0178 e. The first-order valence-electron chi connectivity index (χ1n) is 10.2. The van der Waals surface area contributed by atoms with E-state index in [0.717, 1.165) is 16.0 Å². The molecule has 0 saturated heterocycles. The Labute approximate surface area is 204 Å². The van der Waals surface area contributed by atoms with Crippen molar-refractivity contribution >= 4 is 63.7 Å². The van der Waals surface area contributed by atoms with Crippen LogP contribution in [0.25, 0.3) is 0 Å². The van der Waals surface area contributed by atoms with Gasteiger partial charge in [-0.2, -0.15) is 0 Å². The van der Waals surface area contributed by atoms with Crippen molar-refractivity contribution in [2.75, 3.05) is 16.0 Å². The monoisotopic (exact) mass is 634 g/mol. The standard InChI is InChI=1S/C12H15Br.C8H7Br.C4H8Br2/c13-8-2-1-3-10-4-5-11-6-7-12(11)9-10;9-8-4-3-6-1-2-7(6)5-8;5-3-1-2-4-6/h4-5,9H,1-3,6-8H2;3-5H,1-2H2;1-4H2. The molecule has 2 aromatic rings. The van der Waals surface area contributed by atoms with Gasteiger partial charge in [-0.25, -0.2) is 0 Å². The van der Waals surface area contributed by atoms with E-state index in [2.05, 4.69) is 100 Å². The maximum Gasteiger partial charge on any atom is 0.0178 e. The molecule has 154 valence electrons. The minimum Gasteiger partial charge on any atom is -0.0928 e. The van der Waals surface area contributed by atoms with Gasteiger partial charge in [0, 0.05) is 20.5 Å². The van der Waals surface area contributed by atoms with Crippen LogP contribution in [0.5, 0.6) is 0 Å². The van der Waals surface area contributed by atoms with E-state index in [9.17, 15) is 0 Å². The molecule has 4 heteroatoms. The third kappa shape index (κ3) is 8.62. The maximum atomic E-state index is 3.46. The first-order valence-corrected chi connectivity index (χ1v) is 14.4. The van der Waals surface area contributed by atoms with E-state index in [1.807, 2.05) is 0 Å². The highest BCUT2D eigenvalue weighted by molar-refractivity contribution is 9.10. The molecule has 2 aliphatic carbocycles. The molecule has 0 radical (unpaired) electrons. The largest absolute Gasteiger partial charge is 0.0928 e. The minimum atomic E-state index is 1.14. The van der Waals surface area contributed by atoms with Gasteiger partial charge in [0.15, 0.2) is 0 Å². The highest BCUT2D eigenvalue weighted by Crippen LogP contribution is 2.26. The Morgan fingerprint density at radius 1 is 0.571 bits per heavy atom. The van der Waals surface area contributed by atoms with Crippen LogP contribution in [0.1, 0.15) is 53.5 Å². The topological polar surface area (TPSA) is 0 Å². The van der Waals surface area contributed by atoms with E-state index in [4.69, 9.17) is 0 Å². The van der Waals surface area contributed by atoms with Crippen LogP contribution in [0.4, 0.5) is 0 Å². The van der Waals surface area contributed by atoms with Crippen molar-refractivity contribution in [1.82, 2.24) is 0 Å². The van der Waals surface area contributed by atoms with Crippen LogP contribution >= 0.6 is 63.7 Å². The fraction of sp³-hybridized carbons (Fsp3) is 0.500. The lowest BCUT2D eigenvalue weighted by atomic mass is 9.86. The van der Waals surface area contributed by atoms with E-state index in [0.29, 0.717) is 0 Å². The molecule has 0 atom stereocenters. The van der Waals surface area contributed by atoms with Crippen LogP contribution < -0.4 is 0 Å². The number of hydrogen-bond donors (Lipinski definition) is 0. The minimum absolute atomic E-state index is 1.14. The van der Waals surface area contributed by atoms with E-state index in [1.165, 1.54) is 79.0 Å². The average molecular weight is 638 g/mol. The molecule has 0 saturated carbocycles. The van der Waals surface area contributed by atoms with Crippen LogP contribution in [0.2, 0.25) is 0 Å². The second-order valence-corrected chi connectivity index (χ2v) is 10.5. The van der Waals surface area contributed by atoms with Gasteiger partial charge >= 0.3 is 0 Å². The average Bonchev–Trinajstić information content (AvgIpc) is 2.66. The van der Waals surface area contributed by atoms with E-state index in [-0.39, 0.29) is 0 Å². The predicted molar refractivity (Wildman–Crippen MR) is 139 cm³/mol. The molecule has 0 spiro atoms. The molecular formula is C24H30Br4. The number of benzene rings is 2. The normalized spacial score (nSPS) is 12.9. The van der Waals surface area contributed by atoms with E-state index in [1.54, 1.807) is 11.1 Å². The quantitative estimate of drug-likeness (QED) is 0.211. The molecule has 0 aromatic heterocycles. The van der Waals surface area contributed by atoms with Gasteiger partial charge in [0.2, 0.25) is 0 Å². The summed E-state index contributed by atoms with van der Waals surface area (Å²) >= 11 is 13.5. The summed E-state index contributed by atoms with van der Waals surface area (Å²) in [5, 5.41) is 3.41. The molecule has 0 aliphatic heterocycles. The molecule has 2 aliphatic rings. The summed E-state index contributed by atoms with van der Waals surface area (Å²) in [5.41, 5.74) is 7.74. The van der Waals surface area contributed by atoms with Crippen LogP contribution in [0.15, 0.2) is 40.9 Å². The van der Waals surface area contributed by atoms with Crippen LogP contribution in [-0.4, -0.2) is 16.0 Å². The van der Waals surface area contributed by atoms with Gasteiger partial charge in [-0.05, 0) is 97.7 Å². The Morgan fingerprint density at radius 3 is 1.50 bits per heavy atom. The summed E-state index contributed by atoms with van der Waals surface area (Å²) in [6.07, 6.45) is 11.6. The number of hydrogen-bond acceptors (Lipinski definition) is 0. The van der Waals surface area contributed by atoms with Gasteiger partial charge in [0.1, 0.15) is 0 Å². The zero-order valence-corrected chi connectivity index (χ0v) is 22.8. The molecule has 0 unspecified atom stereocenters. The number of unbranched alkanes of at least 4 members (excludes halogenated alkanes) is 2. The third-order valence-electron chi connectivity index (χ3n) is 5.13. The Hall–Kier alpha value is 0.360. The van der Waals surface area contributed by atoms with Crippen LogP contribution in [0.3, 0.4) is 0 Å². The maximum absolute atomic E-state index is 3.46. The summed E-state index contributed by atoms with van der Waals surface area (Å²) in [4.78, 5) is 0. The zero-order valence-electron chi connectivity index (χ0n) is 16.5. The molecule has 0 nitrogen and oxygen atoms in total. The van der Waals surface area contributed by atoms with E-state index < -0.39 is 0 Å². The lowest BCUT2D eigenvalue weighted by molar-refractivity contribution is 0.789. The molecule has 2 aromatic carbocycles. The van der Waals surface area contributed by atoms with Crippen LogP contribution in [-0.2, 0) is 32.1 Å². The third-order valence-corrected chi connectivity index (χ3v) is 7.31. The Bertz CT molecular complexity index is 708. The molecule has 0 amide bonds. The van der Waals surface area contributed by atoms with Gasteiger partial charge in [0.25, 0.3) is 0 Å². The second kappa shape index (κ2) is 14.4. The summed E-state index contributed by atoms with van der Waals surface area (Å²) < 4.78 is 1.21. The summed E-state index contributed by atoms with van der Waals surface area (Å²) in [6.45, 7) is 0. The Balaban J connectivity index is 0.000000163. The van der Waals surface area contributed by atoms with Crippen molar-refractivity contribution in [3.05, 3.63) is 68.7 Å². The zero-order chi connectivity index (χ0) is 20.2. The van der Waals surface area contributed by atoms with Crippen molar-refractivity contribution in [3.8, 4) is 0 Å². The number of fused-ring (bicyclic) bond motifs is 2. The fourth-order valence-electron chi connectivity index (χ4n) is 3.18. The van der Waals surface area contributed by atoms with Gasteiger partial charge < -0.3 is 0 Å². The molecule has 28 heavy (non-hydrogen) atoms. The highest BCUT2D eigenvalue weighted by Gasteiger charge is 2.12. The number of halogens is 4. The second-order valence-electron chi connectivity index (χ2n) is 7.25. The van der Waals surface area contributed by atoms with E-state index >= 15 is 0 Å². The van der Waals surface area contributed by atoms with Gasteiger partial charge in [-0.15, -0.1) is 0 Å². The first-order chi connectivity index (χ1) is 13.7. The highest BCUT2D eigenvalue weighted by atomic mass is 79.9. The first kappa shape index (κ1) is 24.6. The van der Waals surface area contributed by atoms with Gasteiger partial charge in [-0.3, -0.25) is 0 Å². The molecule has 4 rings (SSSR count). The SMILES string of the molecule is BrCCCCBr.BrCCCCc1ccc2c(c1)CC2.Brc1ccc2c(c1)CC2.